The number of amides is 1. The van der Waals surface area contributed by atoms with E-state index in [-0.39, 0.29) is 16.8 Å². The van der Waals surface area contributed by atoms with E-state index in [1.165, 1.54) is 19.2 Å². The number of aromatic amines is 1. The van der Waals surface area contributed by atoms with Gasteiger partial charge in [-0.25, -0.2) is 0 Å². The number of fused-ring (bicyclic) bond motifs is 1. The minimum Gasteiger partial charge on any atom is -0.495 e. The largest absolute Gasteiger partial charge is 0.495 e. The minimum atomic E-state index is -0.572. The van der Waals surface area contributed by atoms with Gasteiger partial charge in [0.05, 0.1) is 29.0 Å². The average Bonchev–Trinajstić information content (AvgIpc) is 3.17. The van der Waals surface area contributed by atoms with Crippen LogP contribution in [0.25, 0.3) is 11.6 Å². The number of nitro benzene ring substituents is 1. The molecule has 8 heteroatoms. The standard InChI is InChI=1S/C17H13N3O5/c1-25-15-6-7-18-13(15)9-11-16-10(3-2-8-21)14(20(23)24)5-4-12(16)19-17(11)22/h4-7,9,18,21H,8H2,1H3,(H,19,22)/b11-9-. The molecule has 3 N–H and O–H groups in total. The lowest BCUT2D eigenvalue weighted by Gasteiger charge is -2.04. The number of aliphatic hydroxyl groups excluding tert-OH is 1. The Morgan fingerprint density at radius 3 is 2.88 bits per heavy atom. The first-order valence-electron chi connectivity index (χ1n) is 7.22. The van der Waals surface area contributed by atoms with Crippen LogP contribution in [-0.4, -0.2) is 34.6 Å². The maximum absolute atomic E-state index is 12.4. The van der Waals surface area contributed by atoms with Gasteiger partial charge in [-0.1, -0.05) is 11.8 Å². The molecule has 0 saturated heterocycles. The van der Waals surface area contributed by atoms with Crippen LogP contribution in [0.5, 0.6) is 5.75 Å². The number of aromatic nitrogens is 1. The summed E-state index contributed by atoms with van der Waals surface area (Å²) < 4.78 is 5.20. The number of anilines is 1. The van der Waals surface area contributed by atoms with E-state index in [0.717, 1.165) is 0 Å². The Labute approximate surface area is 142 Å². The van der Waals surface area contributed by atoms with Gasteiger partial charge in [-0.05, 0) is 18.2 Å². The average molecular weight is 339 g/mol. The second kappa shape index (κ2) is 6.51. The van der Waals surface area contributed by atoms with Gasteiger partial charge >= 0.3 is 0 Å². The van der Waals surface area contributed by atoms with Gasteiger partial charge in [0.1, 0.15) is 17.9 Å². The van der Waals surface area contributed by atoms with Gasteiger partial charge in [0.2, 0.25) is 0 Å². The second-order valence-electron chi connectivity index (χ2n) is 5.07. The topological polar surface area (TPSA) is 117 Å². The van der Waals surface area contributed by atoms with Crippen molar-refractivity contribution in [2.24, 2.45) is 0 Å². The molecule has 8 nitrogen and oxygen atoms in total. The molecule has 0 radical (unpaired) electrons. The zero-order valence-corrected chi connectivity index (χ0v) is 13.1. The zero-order chi connectivity index (χ0) is 18.0. The molecule has 0 aliphatic carbocycles. The summed E-state index contributed by atoms with van der Waals surface area (Å²) in [6.45, 7) is -0.453. The van der Waals surface area contributed by atoms with Crippen molar-refractivity contribution >= 4 is 28.9 Å². The van der Waals surface area contributed by atoms with Crippen LogP contribution in [0.4, 0.5) is 11.4 Å². The van der Waals surface area contributed by atoms with Crippen molar-refractivity contribution in [1.82, 2.24) is 4.98 Å². The molecular formula is C17H13N3O5. The summed E-state index contributed by atoms with van der Waals surface area (Å²) in [5.41, 5.74) is 1.37. The molecule has 2 aromatic rings. The number of hydrogen-bond acceptors (Lipinski definition) is 5. The molecule has 25 heavy (non-hydrogen) atoms. The Bertz CT molecular complexity index is 962. The highest BCUT2D eigenvalue weighted by Gasteiger charge is 2.31. The van der Waals surface area contributed by atoms with Crippen molar-refractivity contribution in [2.75, 3.05) is 19.0 Å². The number of nitrogens with one attached hydrogen (secondary N) is 2. The number of H-pyrrole nitrogens is 1. The van der Waals surface area contributed by atoms with Crippen LogP contribution in [-0.2, 0) is 4.79 Å². The highest BCUT2D eigenvalue weighted by Crippen LogP contribution is 2.40. The number of hydrogen-bond donors (Lipinski definition) is 3. The number of benzene rings is 1. The number of nitro groups is 1. The Balaban J connectivity index is 2.26. The summed E-state index contributed by atoms with van der Waals surface area (Å²) in [6.07, 6.45) is 3.20. The van der Waals surface area contributed by atoms with Gasteiger partial charge in [-0.15, -0.1) is 0 Å². The fourth-order valence-electron chi connectivity index (χ4n) is 2.63. The first kappa shape index (κ1) is 16.3. The molecule has 1 aliphatic heterocycles. The maximum Gasteiger partial charge on any atom is 0.285 e. The van der Waals surface area contributed by atoms with Crippen LogP contribution in [0.15, 0.2) is 24.4 Å². The van der Waals surface area contributed by atoms with E-state index >= 15 is 0 Å². The number of carbonyl (C=O) groups is 1. The Hall–Kier alpha value is -3.57. The van der Waals surface area contributed by atoms with Crippen molar-refractivity contribution in [3.05, 3.63) is 51.3 Å². The van der Waals surface area contributed by atoms with Crippen molar-refractivity contribution in [1.29, 1.82) is 0 Å². The Kier molecular flexibility index (Phi) is 4.24. The first-order valence-corrected chi connectivity index (χ1v) is 7.22. The monoisotopic (exact) mass is 339 g/mol. The number of aliphatic hydroxyl groups is 1. The normalized spacial score (nSPS) is 13.8. The highest BCUT2D eigenvalue weighted by molar-refractivity contribution is 6.35. The van der Waals surface area contributed by atoms with E-state index in [1.54, 1.807) is 18.3 Å². The van der Waals surface area contributed by atoms with Gasteiger partial charge in [-0.3, -0.25) is 14.9 Å². The summed E-state index contributed by atoms with van der Waals surface area (Å²) in [6, 6.07) is 4.43. The molecule has 0 spiro atoms. The van der Waals surface area contributed by atoms with Crippen LogP contribution in [0, 0.1) is 22.0 Å². The van der Waals surface area contributed by atoms with Crippen LogP contribution in [0.1, 0.15) is 16.8 Å². The van der Waals surface area contributed by atoms with Crippen molar-refractivity contribution < 1.29 is 19.6 Å². The highest BCUT2D eigenvalue weighted by atomic mass is 16.6. The fraction of sp³-hybridized carbons (Fsp3) is 0.118. The predicted octanol–water partition coefficient (Wildman–Crippen LogP) is 1.77. The van der Waals surface area contributed by atoms with Crippen LogP contribution < -0.4 is 10.1 Å². The quantitative estimate of drug-likeness (QED) is 0.341. The second-order valence-corrected chi connectivity index (χ2v) is 5.07. The molecule has 0 atom stereocenters. The Morgan fingerprint density at radius 1 is 1.40 bits per heavy atom. The molecule has 1 aliphatic rings. The molecule has 1 aromatic carbocycles. The molecule has 0 fully saturated rings. The molecule has 1 aromatic heterocycles. The predicted molar refractivity (Wildman–Crippen MR) is 90.9 cm³/mol. The minimum absolute atomic E-state index is 0.0756. The van der Waals surface area contributed by atoms with Gasteiger partial charge in [-0.2, -0.15) is 0 Å². The molecule has 1 amide bonds. The third-order valence-electron chi connectivity index (χ3n) is 3.68. The lowest BCUT2D eigenvalue weighted by molar-refractivity contribution is -0.385. The van der Waals surface area contributed by atoms with E-state index in [9.17, 15) is 14.9 Å². The van der Waals surface area contributed by atoms with E-state index in [0.29, 0.717) is 22.7 Å². The maximum atomic E-state index is 12.4. The van der Waals surface area contributed by atoms with Gasteiger partial charge < -0.3 is 20.1 Å². The van der Waals surface area contributed by atoms with Gasteiger partial charge in [0.15, 0.2) is 0 Å². The zero-order valence-electron chi connectivity index (χ0n) is 13.1. The molecule has 0 saturated carbocycles. The van der Waals surface area contributed by atoms with E-state index in [1.807, 2.05) is 0 Å². The number of ether oxygens (including phenoxy) is 1. The third-order valence-corrected chi connectivity index (χ3v) is 3.68. The number of nitrogens with zero attached hydrogens (tertiary/aromatic N) is 1. The first-order chi connectivity index (χ1) is 12.1. The van der Waals surface area contributed by atoms with Crippen LogP contribution in [0.2, 0.25) is 0 Å². The summed E-state index contributed by atoms with van der Waals surface area (Å²) >= 11 is 0. The molecular weight excluding hydrogens is 326 g/mol. The summed E-state index contributed by atoms with van der Waals surface area (Å²) in [4.78, 5) is 26.0. The number of methoxy groups -OCH3 is 1. The van der Waals surface area contributed by atoms with E-state index in [4.69, 9.17) is 9.84 Å². The van der Waals surface area contributed by atoms with Crippen LogP contribution in [0.3, 0.4) is 0 Å². The van der Waals surface area contributed by atoms with Crippen LogP contribution >= 0.6 is 0 Å². The van der Waals surface area contributed by atoms with Crippen molar-refractivity contribution in [2.45, 2.75) is 0 Å². The number of carbonyl (C=O) groups excluding carboxylic acids is 1. The fourth-order valence-corrected chi connectivity index (χ4v) is 2.63. The number of rotatable bonds is 3. The summed E-state index contributed by atoms with van der Waals surface area (Å²) in [5.74, 6) is 5.12. The Morgan fingerprint density at radius 2 is 2.20 bits per heavy atom. The smallest absolute Gasteiger partial charge is 0.285 e. The molecule has 2 heterocycles. The van der Waals surface area contributed by atoms with Gasteiger partial charge in [0, 0.05) is 17.8 Å². The summed E-state index contributed by atoms with van der Waals surface area (Å²) in [5, 5.41) is 22.9. The third kappa shape index (κ3) is 2.84. The molecule has 0 unspecified atom stereocenters. The molecule has 3 rings (SSSR count). The molecule has 0 bridgehead atoms. The lowest BCUT2D eigenvalue weighted by Crippen LogP contribution is -2.03. The van der Waals surface area contributed by atoms with Gasteiger partial charge in [0.25, 0.3) is 11.6 Å². The molecule has 126 valence electrons. The SMILES string of the molecule is COc1cc[nH]c1/C=C1\C(=O)Nc2ccc([N+](=O)[O-])c(C#CCO)c21. The van der Waals surface area contributed by atoms with E-state index in [2.05, 4.69) is 22.1 Å². The van der Waals surface area contributed by atoms with Crippen molar-refractivity contribution in [3.63, 3.8) is 0 Å². The lowest BCUT2D eigenvalue weighted by atomic mass is 9.98. The summed E-state index contributed by atoms with van der Waals surface area (Å²) in [7, 11) is 1.50. The van der Waals surface area contributed by atoms with E-state index < -0.39 is 17.4 Å². The van der Waals surface area contributed by atoms with Crippen molar-refractivity contribution in [3.8, 4) is 17.6 Å².